The number of nitrogens with one attached hydrogen (secondary N) is 1. The van der Waals surface area contributed by atoms with Crippen LogP contribution >= 0.6 is 0 Å². The van der Waals surface area contributed by atoms with Crippen molar-refractivity contribution < 1.29 is 19.1 Å². The molecule has 0 radical (unpaired) electrons. The molecule has 2 saturated heterocycles. The second-order valence-electron chi connectivity index (χ2n) is 9.59. The Morgan fingerprint density at radius 2 is 1.78 bits per heavy atom. The maximum atomic E-state index is 13.4. The van der Waals surface area contributed by atoms with Gasteiger partial charge >= 0.3 is 0 Å². The van der Waals surface area contributed by atoms with E-state index < -0.39 is 11.9 Å². The first-order valence-electron chi connectivity index (χ1n) is 12.4. The normalized spacial score (nSPS) is 20.2. The highest BCUT2D eigenvalue weighted by Crippen LogP contribution is 2.44. The predicted octanol–water partition coefficient (Wildman–Crippen LogP) is 3.21. The Kier molecular flexibility index (Phi) is 5.70. The fourth-order valence-electron chi connectivity index (χ4n) is 5.50. The van der Waals surface area contributed by atoms with Crippen molar-refractivity contribution >= 4 is 45.6 Å². The lowest BCUT2D eigenvalue weighted by atomic mass is 10.0. The van der Waals surface area contributed by atoms with Crippen LogP contribution in [0.4, 0.5) is 17.1 Å². The highest BCUT2D eigenvalue weighted by molar-refractivity contribution is 6.28. The first-order chi connectivity index (χ1) is 17.5. The van der Waals surface area contributed by atoms with Crippen LogP contribution in [-0.2, 0) is 20.9 Å². The van der Waals surface area contributed by atoms with Gasteiger partial charge in [-0.15, -0.1) is 0 Å². The predicted molar refractivity (Wildman–Crippen MR) is 138 cm³/mol. The van der Waals surface area contributed by atoms with Gasteiger partial charge in [0.1, 0.15) is 6.04 Å². The number of nitrogens with zero attached hydrogens (tertiary/aromatic N) is 3. The van der Waals surface area contributed by atoms with Crippen molar-refractivity contribution in [3.63, 3.8) is 0 Å². The van der Waals surface area contributed by atoms with Crippen LogP contribution in [-0.4, -0.2) is 62.0 Å². The van der Waals surface area contributed by atoms with Gasteiger partial charge in [0.05, 0.1) is 18.9 Å². The molecule has 0 aliphatic carbocycles. The van der Waals surface area contributed by atoms with Crippen LogP contribution in [0.25, 0.3) is 10.8 Å². The molecule has 1 N–H and O–H groups in total. The van der Waals surface area contributed by atoms with Gasteiger partial charge in [0.15, 0.2) is 0 Å². The van der Waals surface area contributed by atoms with Gasteiger partial charge in [-0.1, -0.05) is 24.3 Å². The van der Waals surface area contributed by atoms with Crippen LogP contribution in [0.2, 0.25) is 0 Å². The summed E-state index contributed by atoms with van der Waals surface area (Å²) in [5.74, 6) is -0.908. The van der Waals surface area contributed by atoms with E-state index >= 15 is 0 Å². The summed E-state index contributed by atoms with van der Waals surface area (Å²) in [6, 6.07) is 17.5. The molecule has 1 unspecified atom stereocenters. The van der Waals surface area contributed by atoms with E-state index in [2.05, 4.69) is 39.4 Å². The summed E-state index contributed by atoms with van der Waals surface area (Å²) >= 11 is 0. The summed E-state index contributed by atoms with van der Waals surface area (Å²) in [6.45, 7) is 4.39. The number of morpholine rings is 1. The molecule has 3 amide bonds. The van der Waals surface area contributed by atoms with E-state index in [4.69, 9.17) is 4.74 Å². The van der Waals surface area contributed by atoms with Crippen LogP contribution in [0.5, 0.6) is 0 Å². The van der Waals surface area contributed by atoms with Crippen molar-refractivity contribution in [3.8, 4) is 0 Å². The Morgan fingerprint density at radius 3 is 2.53 bits per heavy atom. The molecule has 6 rings (SSSR count). The lowest BCUT2D eigenvalue weighted by Crippen LogP contribution is -2.53. The van der Waals surface area contributed by atoms with Gasteiger partial charge in [-0.3, -0.25) is 29.5 Å². The smallest absolute Gasteiger partial charge is 0.259 e. The fraction of sp³-hybridized carbons (Fsp3) is 0.321. The van der Waals surface area contributed by atoms with E-state index in [1.807, 2.05) is 37.4 Å². The number of piperidine rings is 1. The van der Waals surface area contributed by atoms with Crippen LogP contribution < -0.4 is 15.1 Å². The summed E-state index contributed by atoms with van der Waals surface area (Å²) in [7, 11) is 2.02. The number of carbonyl (C=O) groups excluding carboxylic acids is 3. The van der Waals surface area contributed by atoms with Gasteiger partial charge in [0, 0.05) is 60.8 Å². The van der Waals surface area contributed by atoms with Crippen molar-refractivity contribution in [1.29, 1.82) is 0 Å². The molecular weight excluding hydrogens is 456 g/mol. The quantitative estimate of drug-likeness (QED) is 0.560. The Bertz CT molecular complexity index is 1360. The van der Waals surface area contributed by atoms with Crippen molar-refractivity contribution in [3.05, 3.63) is 65.7 Å². The zero-order valence-corrected chi connectivity index (χ0v) is 20.2. The van der Waals surface area contributed by atoms with Crippen LogP contribution in [0.1, 0.15) is 28.8 Å². The third kappa shape index (κ3) is 3.83. The highest BCUT2D eigenvalue weighted by Gasteiger charge is 2.41. The van der Waals surface area contributed by atoms with Crippen molar-refractivity contribution in [2.24, 2.45) is 0 Å². The molecule has 0 saturated carbocycles. The first-order valence-corrected chi connectivity index (χ1v) is 12.4. The number of anilines is 3. The van der Waals surface area contributed by atoms with Crippen LogP contribution in [0.3, 0.4) is 0 Å². The Labute approximate surface area is 209 Å². The second-order valence-corrected chi connectivity index (χ2v) is 9.59. The zero-order chi connectivity index (χ0) is 24.8. The van der Waals surface area contributed by atoms with E-state index in [1.54, 1.807) is 4.90 Å². The molecule has 36 heavy (non-hydrogen) atoms. The Balaban J connectivity index is 1.31. The molecule has 2 fully saturated rings. The zero-order valence-electron chi connectivity index (χ0n) is 20.2. The van der Waals surface area contributed by atoms with Gasteiger partial charge < -0.3 is 9.64 Å². The molecule has 3 aliphatic heterocycles. The molecule has 3 aromatic carbocycles. The standard InChI is InChI=1S/C28H28N4O4/c1-30(19-7-5-18(6-8-19)17-31-13-15-36-16-14-31)22-9-10-23-26-20(22)3-2-4-21(26)28(35)32(23)24-11-12-25(33)29-27(24)34/h2-10,24H,11-17H2,1H3,(H,29,33,34). The fourth-order valence-corrected chi connectivity index (χ4v) is 5.50. The molecule has 3 aromatic rings. The number of carbonyl (C=O) groups is 3. The number of amides is 3. The summed E-state index contributed by atoms with van der Waals surface area (Å²) in [6.07, 6.45) is 0.548. The maximum Gasteiger partial charge on any atom is 0.259 e. The molecule has 1 atom stereocenters. The molecule has 8 heteroatoms. The number of hydrogen-bond acceptors (Lipinski definition) is 6. The molecule has 0 aromatic heterocycles. The summed E-state index contributed by atoms with van der Waals surface area (Å²) in [5.41, 5.74) is 4.60. The third-order valence-electron chi connectivity index (χ3n) is 7.42. The SMILES string of the molecule is CN(c1ccc(CN2CCOCC2)cc1)c1ccc2c3c(cccc13)C(=O)N2C1CCC(=O)NC1=O. The van der Waals surface area contributed by atoms with Crippen molar-refractivity contribution in [2.45, 2.75) is 25.4 Å². The van der Waals surface area contributed by atoms with E-state index in [0.717, 1.165) is 60.7 Å². The van der Waals surface area contributed by atoms with Gasteiger partial charge in [0.25, 0.3) is 5.91 Å². The van der Waals surface area contributed by atoms with Gasteiger partial charge in [-0.05, 0) is 42.3 Å². The minimum atomic E-state index is -0.687. The topological polar surface area (TPSA) is 82.2 Å². The summed E-state index contributed by atoms with van der Waals surface area (Å²) in [5, 5.41) is 4.18. The summed E-state index contributed by atoms with van der Waals surface area (Å²) in [4.78, 5) is 43.7. The average Bonchev–Trinajstić information content (AvgIpc) is 3.18. The molecule has 0 bridgehead atoms. The molecule has 8 nitrogen and oxygen atoms in total. The van der Waals surface area contributed by atoms with Gasteiger partial charge in [-0.25, -0.2) is 0 Å². The average molecular weight is 485 g/mol. The summed E-state index contributed by atoms with van der Waals surface area (Å²) < 4.78 is 5.44. The highest BCUT2D eigenvalue weighted by atomic mass is 16.5. The lowest BCUT2D eigenvalue weighted by Gasteiger charge is -2.30. The monoisotopic (exact) mass is 484 g/mol. The van der Waals surface area contributed by atoms with E-state index in [9.17, 15) is 14.4 Å². The second kappa shape index (κ2) is 9.04. The lowest BCUT2D eigenvalue weighted by molar-refractivity contribution is -0.134. The largest absolute Gasteiger partial charge is 0.379 e. The van der Waals surface area contributed by atoms with E-state index in [0.29, 0.717) is 12.0 Å². The van der Waals surface area contributed by atoms with Crippen molar-refractivity contribution in [2.75, 3.05) is 43.2 Å². The number of hydrogen-bond donors (Lipinski definition) is 1. The number of ether oxygens (including phenoxy) is 1. The first kappa shape index (κ1) is 22.7. The Hall–Kier alpha value is -3.75. The number of rotatable bonds is 5. The van der Waals surface area contributed by atoms with E-state index in [1.165, 1.54) is 5.56 Å². The van der Waals surface area contributed by atoms with Gasteiger partial charge in [0.2, 0.25) is 11.8 Å². The Morgan fingerprint density at radius 1 is 1.00 bits per heavy atom. The van der Waals surface area contributed by atoms with Gasteiger partial charge in [-0.2, -0.15) is 0 Å². The number of imide groups is 1. The molecule has 0 spiro atoms. The third-order valence-corrected chi connectivity index (χ3v) is 7.42. The van der Waals surface area contributed by atoms with Crippen molar-refractivity contribution in [1.82, 2.24) is 10.2 Å². The minimum absolute atomic E-state index is 0.197. The van der Waals surface area contributed by atoms with E-state index in [-0.39, 0.29) is 18.2 Å². The molecule has 3 heterocycles. The molecule has 184 valence electrons. The maximum absolute atomic E-state index is 13.4. The van der Waals surface area contributed by atoms with Crippen LogP contribution in [0.15, 0.2) is 54.6 Å². The van der Waals surface area contributed by atoms with Crippen LogP contribution in [0, 0.1) is 0 Å². The molecular formula is C28H28N4O4. The molecule has 3 aliphatic rings. The number of benzene rings is 3. The minimum Gasteiger partial charge on any atom is -0.379 e.